The number of hydrogen-bond acceptors (Lipinski definition) is 6. The summed E-state index contributed by atoms with van der Waals surface area (Å²) in [6.45, 7) is 1.80. The van der Waals surface area contributed by atoms with Crippen molar-refractivity contribution in [2.24, 2.45) is 0 Å². The molecule has 144 valence electrons. The molecule has 0 aliphatic heterocycles. The maximum Gasteiger partial charge on any atom is 0.338 e. The Morgan fingerprint density at radius 3 is 2.54 bits per heavy atom. The first-order chi connectivity index (χ1) is 13.5. The second kappa shape index (κ2) is 8.39. The zero-order chi connectivity index (χ0) is 20.1. The van der Waals surface area contributed by atoms with Gasteiger partial charge in [-0.2, -0.15) is 0 Å². The van der Waals surface area contributed by atoms with Crippen LogP contribution in [-0.2, 0) is 16.1 Å². The topological polar surface area (TPSA) is 94.8 Å². The Hall–Kier alpha value is -3.61. The zero-order valence-corrected chi connectivity index (χ0v) is 15.5. The molecule has 0 bridgehead atoms. The molecule has 0 fully saturated rings. The minimum Gasteiger partial charge on any atom is -0.489 e. The van der Waals surface area contributed by atoms with Crippen LogP contribution < -0.4 is 15.7 Å². The Morgan fingerprint density at radius 2 is 1.82 bits per heavy atom. The lowest BCUT2D eigenvalue weighted by Crippen LogP contribution is -2.25. The van der Waals surface area contributed by atoms with E-state index in [1.54, 1.807) is 36.4 Å². The molecule has 0 saturated carbocycles. The number of rotatable bonds is 6. The Labute approximate surface area is 160 Å². The molecule has 0 spiro atoms. The molecule has 0 aliphatic carbocycles. The van der Waals surface area contributed by atoms with Crippen molar-refractivity contribution in [3.63, 3.8) is 0 Å². The number of nitrogens with one attached hydrogen (secondary N) is 1. The molecule has 1 amide bonds. The Morgan fingerprint density at radius 1 is 1.07 bits per heavy atom. The predicted molar refractivity (Wildman–Crippen MR) is 102 cm³/mol. The first-order valence-electron chi connectivity index (χ1n) is 8.60. The highest BCUT2D eigenvalue weighted by Gasteiger charge is 2.09. The molecule has 0 unspecified atom stereocenters. The zero-order valence-electron chi connectivity index (χ0n) is 15.5. The van der Waals surface area contributed by atoms with Crippen molar-refractivity contribution in [3.05, 3.63) is 75.6 Å². The quantitative estimate of drug-likeness (QED) is 0.521. The highest BCUT2D eigenvalue weighted by Crippen LogP contribution is 2.23. The largest absolute Gasteiger partial charge is 0.489 e. The van der Waals surface area contributed by atoms with Gasteiger partial charge >= 0.3 is 11.6 Å². The van der Waals surface area contributed by atoms with E-state index in [-0.39, 0.29) is 19.1 Å². The number of hydrogen-bond donors (Lipinski definition) is 1. The molecule has 3 rings (SSSR count). The van der Waals surface area contributed by atoms with Crippen LogP contribution in [0.1, 0.15) is 21.5 Å². The van der Waals surface area contributed by atoms with Crippen molar-refractivity contribution in [3.8, 4) is 5.75 Å². The lowest BCUT2D eigenvalue weighted by atomic mass is 10.1. The molecule has 0 aliphatic rings. The maximum atomic E-state index is 11.9. The van der Waals surface area contributed by atoms with Gasteiger partial charge in [-0.15, -0.1) is 0 Å². The van der Waals surface area contributed by atoms with Crippen molar-refractivity contribution in [2.75, 3.05) is 13.7 Å². The molecular formula is C21H19NO6. The fourth-order valence-corrected chi connectivity index (χ4v) is 2.59. The van der Waals surface area contributed by atoms with Crippen LogP contribution >= 0.6 is 0 Å². The summed E-state index contributed by atoms with van der Waals surface area (Å²) in [6, 6.07) is 13.5. The minimum absolute atomic E-state index is 0.273. The van der Waals surface area contributed by atoms with Crippen LogP contribution in [0, 0.1) is 6.92 Å². The van der Waals surface area contributed by atoms with Crippen LogP contribution in [0.5, 0.6) is 5.75 Å². The summed E-state index contributed by atoms with van der Waals surface area (Å²) >= 11 is 0. The number of carbonyl (C=O) groups excluding carboxylic acids is 2. The lowest BCUT2D eigenvalue weighted by molar-refractivity contribution is -0.123. The number of fused-ring (bicyclic) bond motifs is 1. The molecule has 1 aromatic heterocycles. The van der Waals surface area contributed by atoms with E-state index in [2.05, 4.69) is 5.32 Å². The molecule has 28 heavy (non-hydrogen) atoms. The van der Waals surface area contributed by atoms with Crippen molar-refractivity contribution in [1.82, 2.24) is 5.32 Å². The van der Waals surface area contributed by atoms with Gasteiger partial charge in [-0.3, -0.25) is 4.79 Å². The number of aryl methyl sites for hydroxylation is 1. The highest BCUT2D eigenvalue weighted by molar-refractivity contribution is 5.91. The molecule has 1 N–H and O–H groups in total. The Bertz CT molecular complexity index is 1070. The third-order valence-electron chi connectivity index (χ3n) is 4.13. The Kier molecular flexibility index (Phi) is 5.74. The number of amides is 1. The van der Waals surface area contributed by atoms with Crippen LogP contribution in [-0.4, -0.2) is 25.5 Å². The third-order valence-corrected chi connectivity index (χ3v) is 4.13. The van der Waals surface area contributed by atoms with E-state index in [1.807, 2.05) is 13.0 Å². The van der Waals surface area contributed by atoms with Crippen LogP contribution in [0.25, 0.3) is 11.0 Å². The lowest BCUT2D eigenvalue weighted by Gasteiger charge is -2.08. The van der Waals surface area contributed by atoms with Gasteiger partial charge in [0.05, 0.1) is 5.56 Å². The van der Waals surface area contributed by atoms with E-state index in [4.69, 9.17) is 13.9 Å². The minimum atomic E-state index is -0.573. The number of carbonyl (C=O) groups is 2. The fourth-order valence-electron chi connectivity index (χ4n) is 2.59. The summed E-state index contributed by atoms with van der Waals surface area (Å²) in [5, 5.41) is 3.23. The normalized spacial score (nSPS) is 10.5. The number of benzene rings is 2. The van der Waals surface area contributed by atoms with Gasteiger partial charge < -0.3 is 19.2 Å². The molecule has 0 saturated heterocycles. The third kappa shape index (κ3) is 4.56. The SMILES string of the molecule is CNC(=O)COC(=O)c1ccc(COc2ccc3c(C)cc(=O)oc3c2)cc1. The van der Waals surface area contributed by atoms with E-state index in [1.165, 1.54) is 13.1 Å². The van der Waals surface area contributed by atoms with E-state index in [9.17, 15) is 14.4 Å². The standard InChI is InChI=1S/C21H19NO6/c1-13-9-20(24)28-18-10-16(7-8-17(13)18)26-11-14-3-5-15(6-4-14)21(25)27-12-19(23)22-2/h3-10H,11-12H2,1-2H3,(H,22,23). The molecule has 0 radical (unpaired) electrons. The molecular weight excluding hydrogens is 362 g/mol. The summed E-state index contributed by atoms with van der Waals surface area (Å²) < 4.78 is 15.8. The first-order valence-corrected chi connectivity index (χ1v) is 8.60. The monoisotopic (exact) mass is 381 g/mol. The summed E-state index contributed by atoms with van der Waals surface area (Å²) in [5.74, 6) is -0.383. The van der Waals surface area contributed by atoms with E-state index in [0.717, 1.165) is 16.5 Å². The van der Waals surface area contributed by atoms with Crippen molar-refractivity contribution >= 4 is 22.8 Å². The van der Waals surface area contributed by atoms with Gasteiger partial charge in [0.25, 0.3) is 5.91 Å². The summed E-state index contributed by atoms with van der Waals surface area (Å²) in [5.41, 5.74) is 2.10. The van der Waals surface area contributed by atoms with Crippen molar-refractivity contribution < 1.29 is 23.5 Å². The molecule has 7 heteroatoms. The van der Waals surface area contributed by atoms with Gasteiger partial charge in [0.1, 0.15) is 17.9 Å². The van der Waals surface area contributed by atoms with Gasteiger partial charge in [-0.1, -0.05) is 12.1 Å². The summed E-state index contributed by atoms with van der Waals surface area (Å²) in [6.07, 6.45) is 0. The maximum absolute atomic E-state index is 11.9. The molecule has 3 aromatic rings. The average Bonchev–Trinajstić information content (AvgIpc) is 2.70. The van der Waals surface area contributed by atoms with E-state index < -0.39 is 11.6 Å². The second-order valence-corrected chi connectivity index (χ2v) is 6.14. The number of esters is 1. The van der Waals surface area contributed by atoms with E-state index in [0.29, 0.717) is 16.9 Å². The van der Waals surface area contributed by atoms with Gasteiger partial charge in [0.2, 0.25) is 0 Å². The summed E-state index contributed by atoms with van der Waals surface area (Å²) in [7, 11) is 1.47. The van der Waals surface area contributed by atoms with Gasteiger partial charge in [-0.05, 0) is 42.3 Å². The summed E-state index contributed by atoms with van der Waals surface area (Å²) in [4.78, 5) is 34.5. The van der Waals surface area contributed by atoms with Gasteiger partial charge in [-0.25, -0.2) is 9.59 Å². The number of likely N-dealkylation sites (N-methyl/N-ethyl adjacent to an activating group) is 1. The molecule has 7 nitrogen and oxygen atoms in total. The fraction of sp³-hybridized carbons (Fsp3) is 0.190. The first kappa shape index (κ1) is 19.2. The van der Waals surface area contributed by atoms with E-state index >= 15 is 0 Å². The highest BCUT2D eigenvalue weighted by atomic mass is 16.5. The second-order valence-electron chi connectivity index (χ2n) is 6.14. The van der Waals surface area contributed by atoms with Gasteiger partial charge in [0, 0.05) is 24.6 Å². The van der Waals surface area contributed by atoms with Crippen molar-refractivity contribution in [2.45, 2.75) is 13.5 Å². The smallest absolute Gasteiger partial charge is 0.338 e. The number of ether oxygens (including phenoxy) is 2. The Balaban J connectivity index is 1.63. The molecule has 2 aromatic carbocycles. The van der Waals surface area contributed by atoms with Crippen LogP contribution in [0.4, 0.5) is 0 Å². The van der Waals surface area contributed by atoms with Crippen molar-refractivity contribution in [1.29, 1.82) is 0 Å². The van der Waals surface area contributed by atoms with Gasteiger partial charge in [0.15, 0.2) is 6.61 Å². The van der Waals surface area contributed by atoms with Crippen LogP contribution in [0.3, 0.4) is 0 Å². The average molecular weight is 381 g/mol. The van der Waals surface area contributed by atoms with Crippen LogP contribution in [0.2, 0.25) is 0 Å². The molecule has 1 heterocycles. The van der Waals surface area contributed by atoms with Crippen LogP contribution in [0.15, 0.2) is 57.7 Å². The molecule has 0 atom stereocenters. The predicted octanol–water partition coefficient (Wildman–Crippen LogP) is 2.58.